The molecule has 2 fully saturated rings. The zero-order chi connectivity index (χ0) is 27.6. The lowest BCUT2D eigenvalue weighted by molar-refractivity contribution is -0.136. The molecule has 2 saturated heterocycles. The zero-order valence-corrected chi connectivity index (χ0v) is 24.1. The van der Waals surface area contributed by atoms with Crippen LogP contribution in [0.2, 0.25) is 0 Å². The average molecular weight is 516 g/mol. The van der Waals surface area contributed by atoms with Crippen molar-refractivity contribution in [3.05, 3.63) is 65.4 Å². The van der Waals surface area contributed by atoms with Gasteiger partial charge in [-0.25, -0.2) is 0 Å². The smallest absolute Gasteiger partial charge is 0.227 e. The molecule has 4 rings (SSSR count). The Bertz CT molecular complexity index is 1260. The first-order valence-electron chi connectivity index (χ1n) is 14.3. The van der Waals surface area contributed by atoms with Crippen molar-refractivity contribution in [1.29, 1.82) is 0 Å². The summed E-state index contributed by atoms with van der Waals surface area (Å²) in [6.45, 7) is 17.3. The van der Waals surface area contributed by atoms with Crippen molar-refractivity contribution >= 4 is 28.3 Å². The average Bonchev–Trinajstić information content (AvgIpc) is 3.46. The number of nitrogens with one attached hydrogen (secondary N) is 1. The molecule has 5 heteroatoms. The molecule has 2 aromatic rings. The molecule has 2 unspecified atom stereocenters. The van der Waals surface area contributed by atoms with Gasteiger partial charge < -0.3 is 14.8 Å². The lowest BCUT2D eigenvalue weighted by atomic mass is 9.87. The summed E-state index contributed by atoms with van der Waals surface area (Å²) in [4.78, 5) is 32.3. The van der Waals surface area contributed by atoms with Crippen molar-refractivity contribution in [2.75, 3.05) is 26.7 Å². The SMILES string of the molecule is C=C/C=C(\C=C(\C)C(C)CC)c1[nH]c2ccc(C3CCN(C(=O)C4CC(=O)N(C)C4)CC3)cc2c1C(C)C. The number of H-pyrrole nitrogens is 1. The maximum absolute atomic E-state index is 13.0. The van der Waals surface area contributed by atoms with Gasteiger partial charge in [-0.2, -0.15) is 0 Å². The van der Waals surface area contributed by atoms with Gasteiger partial charge in [-0.3, -0.25) is 9.59 Å². The molecule has 2 atom stereocenters. The van der Waals surface area contributed by atoms with E-state index in [0.29, 0.717) is 30.7 Å². The summed E-state index contributed by atoms with van der Waals surface area (Å²) >= 11 is 0. The van der Waals surface area contributed by atoms with Gasteiger partial charge in [-0.15, -0.1) is 0 Å². The topological polar surface area (TPSA) is 56.4 Å². The largest absolute Gasteiger partial charge is 0.354 e. The number of amides is 2. The molecule has 1 aromatic carbocycles. The minimum absolute atomic E-state index is 0.0787. The van der Waals surface area contributed by atoms with Crippen molar-refractivity contribution in [2.45, 2.75) is 72.1 Å². The van der Waals surface area contributed by atoms with Crippen LogP contribution in [-0.4, -0.2) is 53.3 Å². The van der Waals surface area contributed by atoms with Crippen molar-refractivity contribution in [3.63, 3.8) is 0 Å². The first-order chi connectivity index (χ1) is 18.1. The Morgan fingerprint density at radius 3 is 2.50 bits per heavy atom. The number of likely N-dealkylation sites (tertiary alicyclic amines) is 2. The van der Waals surface area contributed by atoms with E-state index < -0.39 is 0 Å². The number of hydrogen-bond acceptors (Lipinski definition) is 2. The summed E-state index contributed by atoms with van der Waals surface area (Å²) in [5, 5.41) is 1.29. The Hall–Kier alpha value is -3.08. The zero-order valence-electron chi connectivity index (χ0n) is 24.1. The predicted molar refractivity (Wildman–Crippen MR) is 158 cm³/mol. The van der Waals surface area contributed by atoms with Crippen LogP contribution in [0.25, 0.3) is 16.5 Å². The number of benzene rings is 1. The van der Waals surface area contributed by atoms with Gasteiger partial charge in [0.2, 0.25) is 11.8 Å². The van der Waals surface area contributed by atoms with Gasteiger partial charge in [0.15, 0.2) is 0 Å². The lowest BCUT2D eigenvalue weighted by Gasteiger charge is -2.33. The third-order valence-corrected chi connectivity index (χ3v) is 8.77. The molecular formula is C33H45N3O2. The number of fused-ring (bicyclic) bond motifs is 1. The molecule has 38 heavy (non-hydrogen) atoms. The quantitative estimate of drug-likeness (QED) is 0.384. The third kappa shape index (κ3) is 5.67. The number of carbonyl (C=O) groups is 2. The second-order valence-corrected chi connectivity index (χ2v) is 11.7. The molecular weight excluding hydrogens is 470 g/mol. The Morgan fingerprint density at radius 1 is 1.21 bits per heavy atom. The first-order valence-corrected chi connectivity index (χ1v) is 14.3. The van der Waals surface area contributed by atoms with Crippen LogP contribution in [0.15, 0.2) is 48.6 Å². The second kappa shape index (κ2) is 11.8. The summed E-state index contributed by atoms with van der Waals surface area (Å²) in [6.07, 6.45) is 9.71. The van der Waals surface area contributed by atoms with E-state index in [4.69, 9.17) is 0 Å². The normalized spacial score (nSPS) is 20.6. The Morgan fingerprint density at radius 2 is 1.92 bits per heavy atom. The fourth-order valence-electron chi connectivity index (χ4n) is 6.07. The van der Waals surface area contributed by atoms with E-state index in [-0.39, 0.29) is 17.7 Å². The lowest BCUT2D eigenvalue weighted by Crippen LogP contribution is -2.42. The summed E-state index contributed by atoms with van der Waals surface area (Å²) in [7, 11) is 1.79. The van der Waals surface area contributed by atoms with Crippen molar-refractivity contribution < 1.29 is 9.59 Å². The van der Waals surface area contributed by atoms with Gasteiger partial charge in [-0.05, 0) is 72.8 Å². The van der Waals surface area contributed by atoms with Gasteiger partial charge in [0.25, 0.3) is 0 Å². The van der Waals surface area contributed by atoms with Crippen molar-refractivity contribution in [1.82, 2.24) is 14.8 Å². The van der Waals surface area contributed by atoms with Crippen LogP contribution in [0, 0.1) is 11.8 Å². The van der Waals surface area contributed by atoms with Crippen LogP contribution in [0.5, 0.6) is 0 Å². The van der Waals surface area contributed by atoms with Crippen LogP contribution in [0.4, 0.5) is 0 Å². The van der Waals surface area contributed by atoms with E-state index in [0.717, 1.165) is 32.4 Å². The van der Waals surface area contributed by atoms with E-state index >= 15 is 0 Å². The van der Waals surface area contributed by atoms with Gasteiger partial charge >= 0.3 is 0 Å². The van der Waals surface area contributed by atoms with Crippen molar-refractivity contribution in [2.24, 2.45) is 11.8 Å². The number of hydrogen-bond donors (Lipinski definition) is 1. The van der Waals surface area contributed by atoms with Gasteiger partial charge in [0.05, 0.1) is 5.92 Å². The highest BCUT2D eigenvalue weighted by atomic mass is 16.2. The highest BCUT2D eigenvalue weighted by Gasteiger charge is 2.36. The van der Waals surface area contributed by atoms with Crippen LogP contribution in [0.3, 0.4) is 0 Å². The van der Waals surface area contributed by atoms with E-state index in [1.807, 2.05) is 11.0 Å². The maximum Gasteiger partial charge on any atom is 0.227 e. The highest BCUT2D eigenvalue weighted by molar-refractivity contribution is 5.92. The van der Waals surface area contributed by atoms with Crippen molar-refractivity contribution in [3.8, 4) is 0 Å². The third-order valence-electron chi connectivity index (χ3n) is 8.77. The highest BCUT2D eigenvalue weighted by Crippen LogP contribution is 2.38. The van der Waals surface area contributed by atoms with E-state index in [1.54, 1.807) is 11.9 Å². The number of carbonyl (C=O) groups excluding carboxylic acids is 2. The molecule has 1 aromatic heterocycles. The standard InChI is InChI=1S/C33H45N3O2/c1-8-10-26(17-23(6)22(5)9-2)32-31(21(3)4)28-18-25(11-12-29(28)34-32)24-13-15-36(16-14-24)33(38)27-19-30(37)35(7)20-27/h8,10-12,17-18,21-22,24,27,34H,1,9,13-16,19-20H2,2-7H3/b23-17-,26-10+. The molecule has 3 heterocycles. The predicted octanol–water partition coefficient (Wildman–Crippen LogP) is 7.04. The molecule has 0 bridgehead atoms. The Balaban J connectivity index is 1.58. The molecule has 1 N–H and O–H groups in total. The molecule has 2 aliphatic rings. The van der Waals surface area contributed by atoms with Gasteiger partial charge in [0.1, 0.15) is 0 Å². The summed E-state index contributed by atoms with van der Waals surface area (Å²) in [5.74, 6) is 1.39. The number of aromatic nitrogens is 1. The number of piperidine rings is 1. The second-order valence-electron chi connectivity index (χ2n) is 11.7. The summed E-state index contributed by atoms with van der Waals surface area (Å²) < 4.78 is 0. The fraction of sp³-hybridized carbons (Fsp3) is 0.515. The monoisotopic (exact) mass is 515 g/mol. The van der Waals surface area contributed by atoms with E-state index in [1.165, 1.54) is 38.9 Å². The molecule has 0 radical (unpaired) electrons. The van der Waals surface area contributed by atoms with Crippen LogP contribution in [0.1, 0.15) is 89.0 Å². The molecule has 5 nitrogen and oxygen atoms in total. The van der Waals surface area contributed by atoms with Crippen LogP contribution < -0.4 is 0 Å². The summed E-state index contributed by atoms with van der Waals surface area (Å²) in [6, 6.07) is 6.87. The van der Waals surface area contributed by atoms with E-state index in [2.05, 4.69) is 76.5 Å². The minimum atomic E-state index is -0.178. The number of aromatic amines is 1. The maximum atomic E-state index is 13.0. The summed E-state index contributed by atoms with van der Waals surface area (Å²) in [5.41, 5.74) is 7.62. The number of rotatable bonds is 8. The fourth-order valence-corrected chi connectivity index (χ4v) is 6.07. The first kappa shape index (κ1) is 27.9. The van der Waals surface area contributed by atoms with Gasteiger partial charge in [-0.1, -0.05) is 64.1 Å². The molecule has 2 amide bonds. The molecule has 0 spiro atoms. The molecule has 0 aliphatic carbocycles. The molecule has 204 valence electrons. The van der Waals surface area contributed by atoms with E-state index in [9.17, 15) is 9.59 Å². The molecule has 2 aliphatic heterocycles. The number of allylic oxidation sites excluding steroid dienone is 5. The Kier molecular flexibility index (Phi) is 8.64. The minimum Gasteiger partial charge on any atom is -0.354 e. The van der Waals surface area contributed by atoms with Crippen LogP contribution in [-0.2, 0) is 9.59 Å². The Labute approximate surface area is 228 Å². The van der Waals surface area contributed by atoms with Crippen LogP contribution >= 0.6 is 0 Å². The van der Waals surface area contributed by atoms with Gasteiger partial charge in [0, 0.05) is 49.7 Å². The molecule has 0 saturated carbocycles. The number of nitrogens with zero attached hydrogens (tertiary/aromatic N) is 2.